The van der Waals surface area contributed by atoms with Crippen LogP contribution in [0.2, 0.25) is 10.0 Å². The number of halogens is 2. The molecule has 0 saturated heterocycles. The van der Waals surface area contributed by atoms with Crippen LogP contribution in [0, 0.1) is 0 Å². The van der Waals surface area contributed by atoms with Crippen molar-refractivity contribution >= 4 is 57.2 Å². The van der Waals surface area contributed by atoms with Crippen molar-refractivity contribution in [1.29, 1.82) is 0 Å². The number of hydrogen-bond donors (Lipinski definition) is 3. The minimum atomic E-state index is -0.882. The van der Waals surface area contributed by atoms with E-state index in [1.54, 1.807) is 11.3 Å². The van der Waals surface area contributed by atoms with Crippen LogP contribution in [0.15, 0.2) is 47.8 Å². The highest BCUT2D eigenvalue weighted by Gasteiger charge is 2.20. The molecule has 3 rings (SSSR count). The first-order chi connectivity index (χ1) is 15.0. The number of benzene rings is 2. The first-order valence-corrected chi connectivity index (χ1v) is 11.5. The van der Waals surface area contributed by atoms with Crippen LogP contribution in [0.25, 0.3) is 0 Å². The molecule has 4 N–H and O–H groups in total. The summed E-state index contributed by atoms with van der Waals surface area (Å²) < 4.78 is 0. The van der Waals surface area contributed by atoms with Crippen molar-refractivity contribution in [3.63, 3.8) is 0 Å². The average Bonchev–Trinajstić information content (AvgIpc) is 3.17. The van der Waals surface area contributed by atoms with Crippen LogP contribution in [0.5, 0.6) is 0 Å². The molecular weight excluding hydrogens is 467 g/mol. The van der Waals surface area contributed by atoms with Gasteiger partial charge in [0.25, 0.3) is 5.91 Å². The number of rotatable bonds is 7. The summed E-state index contributed by atoms with van der Waals surface area (Å²) in [5.41, 5.74) is 8.51. The number of primary amides is 1. The van der Waals surface area contributed by atoms with Crippen LogP contribution in [0.4, 0.5) is 10.8 Å². The highest BCUT2D eigenvalue weighted by atomic mass is 35.5. The summed E-state index contributed by atoms with van der Waals surface area (Å²) in [6.45, 7) is 6.36. The largest absolute Gasteiger partial charge is 0.368 e. The number of thiazole rings is 1. The highest BCUT2D eigenvalue weighted by Crippen LogP contribution is 2.28. The normalized spacial score (nSPS) is 12.3. The topological polar surface area (TPSA) is 97.1 Å². The van der Waals surface area contributed by atoms with E-state index in [-0.39, 0.29) is 17.4 Å². The fourth-order valence-electron chi connectivity index (χ4n) is 2.91. The lowest BCUT2D eigenvalue weighted by Gasteiger charge is -2.16. The van der Waals surface area contributed by atoms with E-state index in [0.717, 1.165) is 22.1 Å². The predicted octanol–water partition coefficient (Wildman–Crippen LogP) is 5.32. The molecule has 1 unspecified atom stereocenters. The highest BCUT2D eigenvalue weighted by molar-refractivity contribution is 7.13. The maximum atomic E-state index is 12.5. The number of nitrogens with zero attached hydrogens (tertiary/aromatic N) is 1. The maximum absolute atomic E-state index is 12.5. The van der Waals surface area contributed by atoms with Gasteiger partial charge in [-0.1, -0.05) is 56.1 Å². The van der Waals surface area contributed by atoms with Crippen molar-refractivity contribution < 1.29 is 9.59 Å². The van der Waals surface area contributed by atoms with Gasteiger partial charge in [-0.05, 0) is 35.9 Å². The second-order valence-electron chi connectivity index (χ2n) is 8.40. The number of nitrogens with two attached hydrogens (primary N) is 1. The van der Waals surface area contributed by atoms with Crippen LogP contribution in [0.1, 0.15) is 42.4 Å². The molecule has 2 aromatic carbocycles. The van der Waals surface area contributed by atoms with Gasteiger partial charge in [-0.25, -0.2) is 4.98 Å². The minimum Gasteiger partial charge on any atom is -0.368 e. The molecule has 0 aliphatic heterocycles. The summed E-state index contributed by atoms with van der Waals surface area (Å²) in [6, 6.07) is 11.1. The molecule has 1 aromatic heterocycles. The summed E-state index contributed by atoms with van der Waals surface area (Å²) in [5, 5.41) is 9.45. The molecule has 0 bridgehead atoms. The molecule has 1 heterocycles. The Balaban J connectivity index is 1.66. The van der Waals surface area contributed by atoms with Crippen molar-refractivity contribution in [2.45, 2.75) is 38.6 Å². The zero-order valence-corrected chi connectivity index (χ0v) is 20.2. The van der Waals surface area contributed by atoms with Crippen LogP contribution < -0.4 is 16.4 Å². The lowest BCUT2D eigenvalue weighted by molar-refractivity contribution is -0.119. The summed E-state index contributed by atoms with van der Waals surface area (Å²) in [7, 11) is 0. The number of amides is 2. The average molecular weight is 491 g/mol. The quantitative estimate of drug-likeness (QED) is 0.417. The van der Waals surface area contributed by atoms with Gasteiger partial charge >= 0.3 is 0 Å². The molecule has 168 valence electrons. The fraction of sp³-hybridized carbons (Fsp3) is 0.261. The van der Waals surface area contributed by atoms with E-state index in [1.807, 2.05) is 29.6 Å². The first-order valence-electron chi connectivity index (χ1n) is 9.89. The van der Waals surface area contributed by atoms with Crippen LogP contribution in [-0.2, 0) is 16.6 Å². The van der Waals surface area contributed by atoms with Crippen molar-refractivity contribution in [1.82, 2.24) is 10.3 Å². The first kappa shape index (κ1) is 24.0. The number of carbonyl (C=O) groups excluding carboxylic acids is 2. The summed E-state index contributed by atoms with van der Waals surface area (Å²) in [6.07, 6.45) is 0.251. The number of carbonyl (C=O) groups is 2. The number of anilines is 2. The van der Waals surface area contributed by atoms with E-state index in [0.29, 0.717) is 10.0 Å². The molecule has 6 nitrogen and oxygen atoms in total. The van der Waals surface area contributed by atoms with Crippen molar-refractivity contribution in [2.24, 2.45) is 5.73 Å². The van der Waals surface area contributed by atoms with Gasteiger partial charge < -0.3 is 16.4 Å². The van der Waals surface area contributed by atoms with Gasteiger partial charge in [0.2, 0.25) is 5.91 Å². The maximum Gasteiger partial charge on any atom is 0.252 e. The standard InChI is InChI=1S/C23H24Cl2N4O2S/c1-23(2,3)19-12-32-22(29-19)27-17-6-4-13(5-7-17)8-18(20(26)30)28-21(31)14-9-15(24)11-16(25)10-14/h4-7,9-12,18H,8H2,1-3H3,(H2,26,30)(H,27,29)(H,28,31). The minimum absolute atomic E-state index is 0.00902. The van der Waals surface area contributed by atoms with Gasteiger partial charge in [-0.15, -0.1) is 11.3 Å². The van der Waals surface area contributed by atoms with Crippen LogP contribution >= 0.6 is 34.5 Å². The third kappa shape index (κ3) is 6.45. The third-order valence-electron chi connectivity index (χ3n) is 4.69. The molecule has 1 atom stereocenters. The summed E-state index contributed by atoms with van der Waals surface area (Å²) >= 11 is 13.5. The van der Waals surface area contributed by atoms with E-state index in [1.165, 1.54) is 18.2 Å². The molecule has 0 aliphatic carbocycles. The van der Waals surface area contributed by atoms with Gasteiger partial charge in [-0.3, -0.25) is 9.59 Å². The van der Waals surface area contributed by atoms with Crippen LogP contribution in [0.3, 0.4) is 0 Å². The van der Waals surface area contributed by atoms with Crippen molar-refractivity contribution in [3.8, 4) is 0 Å². The third-order valence-corrected chi connectivity index (χ3v) is 5.89. The summed E-state index contributed by atoms with van der Waals surface area (Å²) in [4.78, 5) is 29.1. The van der Waals surface area contributed by atoms with E-state index >= 15 is 0 Å². The van der Waals surface area contributed by atoms with Gasteiger partial charge in [0.1, 0.15) is 6.04 Å². The Morgan fingerprint density at radius 2 is 1.72 bits per heavy atom. The SMILES string of the molecule is CC(C)(C)c1csc(Nc2ccc(CC(NC(=O)c3cc(Cl)cc(Cl)c3)C(N)=O)cc2)n1. The Kier molecular flexibility index (Phi) is 7.44. The fourth-order valence-corrected chi connectivity index (χ4v) is 4.39. The van der Waals surface area contributed by atoms with E-state index in [2.05, 4.69) is 36.4 Å². The van der Waals surface area contributed by atoms with E-state index in [9.17, 15) is 9.59 Å². The second-order valence-corrected chi connectivity index (χ2v) is 10.1. The van der Waals surface area contributed by atoms with E-state index in [4.69, 9.17) is 28.9 Å². The smallest absolute Gasteiger partial charge is 0.252 e. The van der Waals surface area contributed by atoms with Crippen molar-refractivity contribution in [3.05, 3.63) is 74.7 Å². The van der Waals surface area contributed by atoms with Gasteiger partial charge in [0.05, 0.1) is 5.69 Å². The van der Waals surface area contributed by atoms with Crippen molar-refractivity contribution in [2.75, 3.05) is 5.32 Å². The molecule has 32 heavy (non-hydrogen) atoms. The molecule has 0 saturated carbocycles. The lowest BCUT2D eigenvalue weighted by atomic mass is 9.93. The number of aromatic nitrogens is 1. The van der Waals surface area contributed by atoms with Crippen LogP contribution in [-0.4, -0.2) is 22.8 Å². The Morgan fingerprint density at radius 3 is 2.25 bits per heavy atom. The molecule has 0 aliphatic rings. The Bertz CT molecular complexity index is 1100. The second kappa shape index (κ2) is 9.90. The molecule has 0 fully saturated rings. The number of hydrogen-bond acceptors (Lipinski definition) is 5. The Labute approximate surface area is 201 Å². The molecular formula is C23H24Cl2N4O2S. The summed E-state index contributed by atoms with van der Waals surface area (Å²) in [5.74, 6) is -1.11. The van der Waals surface area contributed by atoms with Gasteiger partial charge in [-0.2, -0.15) is 0 Å². The molecule has 0 radical (unpaired) electrons. The zero-order valence-electron chi connectivity index (χ0n) is 17.9. The molecule has 9 heteroatoms. The Hall–Kier alpha value is -2.61. The monoisotopic (exact) mass is 490 g/mol. The van der Waals surface area contributed by atoms with Gasteiger partial charge in [0, 0.05) is 38.5 Å². The zero-order chi connectivity index (χ0) is 23.5. The predicted molar refractivity (Wildman–Crippen MR) is 131 cm³/mol. The number of nitrogens with one attached hydrogen (secondary N) is 2. The lowest BCUT2D eigenvalue weighted by Crippen LogP contribution is -2.45. The Morgan fingerprint density at radius 1 is 1.09 bits per heavy atom. The van der Waals surface area contributed by atoms with Gasteiger partial charge in [0.15, 0.2) is 5.13 Å². The van der Waals surface area contributed by atoms with E-state index < -0.39 is 17.9 Å². The molecule has 0 spiro atoms. The molecule has 2 amide bonds. The molecule has 3 aromatic rings.